The first-order chi connectivity index (χ1) is 11.5. The molecule has 6 nitrogen and oxygen atoms in total. The fourth-order valence-electron chi connectivity index (χ4n) is 1.98. The Bertz CT molecular complexity index is 878. The number of carbonyl (C=O) groups excluding carboxylic acids is 1. The van der Waals surface area contributed by atoms with Crippen molar-refractivity contribution in [2.75, 3.05) is 0 Å². The third kappa shape index (κ3) is 3.64. The van der Waals surface area contributed by atoms with Gasteiger partial charge in [-0.1, -0.05) is 29.8 Å². The number of amidine groups is 1. The number of rotatable bonds is 3. The van der Waals surface area contributed by atoms with Crippen LogP contribution < -0.4 is 5.32 Å². The fraction of sp³-hybridized carbons (Fsp3) is 0. The first-order valence-electron chi connectivity index (χ1n) is 6.81. The van der Waals surface area contributed by atoms with Crippen LogP contribution in [0.15, 0.2) is 58.4 Å². The van der Waals surface area contributed by atoms with Crippen LogP contribution in [-0.2, 0) is 4.79 Å². The van der Waals surface area contributed by atoms with E-state index in [1.165, 1.54) is 36.0 Å². The van der Waals surface area contributed by atoms with E-state index in [4.69, 9.17) is 11.6 Å². The Labute approximate surface area is 146 Å². The summed E-state index contributed by atoms with van der Waals surface area (Å²) < 4.78 is 0. The summed E-state index contributed by atoms with van der Waals surface area (Å²) in [5.41, 5.74) is 1.25. The molecule has 0 radical (unpaired) electrons. The lowest BCUT2D eigenvalue weighted by molar-refractivity contribution is -0.384. The van der Waals surface area contributed by atoms with Gasteiger partial charge in [0.2, 0.25) is 0 Å². The fourth-order valence-corrected chi connectivity index (χ4v) is 3.00. The summed E-state index contributed by atoms with van der Waals surface area (Å²) in [6.45, 7) is 0. The minimum Gasteiger partial charge on any atom is -0.300 e. The van der Waals surface area contributed by atoms with Gasteiger partial charge in [-0.15, -0.1) is 0 Å². The van der Waals surface area contributed by atoms with E-state index < -0.39 is 4.92 Å². The van der Waals surface area contributed by atoms with Crippen molar-refractivity contribution < 1.29 is 9.72 Å². The van der Waals surface area contributed by atoms with Crippen molar-refractivity contribution in [2.45, 2.75) is 0 Å². The van der Waals surface area contributed by atoms with Gasteiger partial charge >= 0.3 is 0 Å². The number of benzene rings is 2. The summed E-state index contributed by atoms with van der Waals surface area (Å²) in [4.78, 5) is 26.9. The number of amides is 1. The summed E-state index contributed by atoms with van der Waals surface area (Å²) in [5, 5.41) is 14.3. The summed E-state index contributed by atoms with van der Waals surface area (Å²) in [5.74, 6) is -0.263. The Morgan fingerprint density at radius 2 is 1.88 bits per heavy atom. The molecule has 1 saturated heterocycles. The summed E-state index contributed by atoms with van der Waals surface area (Å²) in [6, 6.07) is 13.0. The van der Waals surface area contributed by atoms with Crippen LogP contribution >= 0.6 is 23.4 Å². The minimum absolute atomic E-state index is 0.0126. The van der Waals surface area contributed by atoms with Crippen molar-refractivity contribution in [1.29, 1.82) is 0 Å². The highest BCUT2D eigenvalue weighted by atomic mass is 35.5. The molecule has 120 valence electrons. The van der Waals surface area contributed by atoms with Gasteiger partial charge in [0.25, 0.3) is 11.6 Å². The Morgan fingerprint density at radius 3 is 2.54 bits per heavy atom. The van der Waals surface area contributed by atoms with Crippen LogP contribution in [-0.4, -0.2) is 16.0 Å². The SMILES string of the molecule is O=C1NC(=Nc2ccc([N+](=O)[O-])cc2)S/C1=C\c1ccccc1Cl. The number of non-ortho nitro benzene ring substituents is 1. The molecule has 2 aromatic rings. The Kier molecular flexibility index (Phi) is 4.64. The number of carbonyl (C=O) groups is 1. The first-order valence-corrected chi connectivity index (χ1v) is 8.01. The average molecular weight is 360 g/mol. The topological polar surface area (TPSA) is 84.6 Å². The smallest absolute Gasteiger partial charge is 0.269 e. The standard InChI is InChI=1S/C16H10ClN3O3S/c17-13-4-2-1-3-10(13)9-14-15(21)19-16(24-14)18-11-5-7-12(8-6-11)20(22)23/h1-9H,(H,18,19,21)/b14-9-. The molecule has 0 spiro atoms. The van der Waals surface area contributed by atoms with E-state index in [0.29, 0.717) is 20.8 Å². The number of nitro benzene ring substituents is 1. The Morgan fingerprint density at radius 1 is 1.17 bits per heavy atom. The van der Waals surface area contributed by atoms with Crippen molar-refractivity contribution in [3.8, 4) is 0 Å². The molecule has 2 aromatic carbocycles. The van der Waals surface area contributed by atoms with Gasteiger partial charge in [-0.2, -0.15) is 0 Å². The highest BCUT2D eigenvalue weighted by Crippen LogP contribution is 2.30. The van der Waals surface area contributed by atoms with Crippen LogP contribution in [0.3, 0.4) is 0 Å². The average Bonchev–Trinajstić information content (AvgIpc) is 2.89. The van der Waals surface area contributed by atoms with E-state index in [1.54, 1.807) is 12.1 Å². The second-order valence-electron chi connectivity index (χ2n) is 4.78. The number of hydrogen-bond donors (Lipinski definition) is 1. The molecule has 1 aliphatic rings. The lowest BCUT2D eigenvalue weighted by Crippen LogP contribution is -2.19. The first kappa shape index (κ1) is 16.2. The van der Waals surface area contributed by atoms with Gasteiger partial charge < -0.3 is 5.32 Å². The molecule has 1 heterocycles. The Hall–Kier alpha value is -2.64. The third-order valence-corrected chi connectivity index (χ3v) is 4.39. The normalized spacial score (nSPS) is 17.3. The molecule has 1 fully saturated rings. The van der Waals surface area contributed by atoms with Gasteiger partial charge in [0.15, 0.2) is 5.17 Å². The van der Waals surface area contributed by atoms with E-state index >= 15 is 0 Å². The largest absolute Gasteiger partial charge is 0.300 e. The number of hydrogen-bond acceptors (Lipinski definition) is 5. The zero-order chi connectivity index (χ0) is 17.1. The number of nitrogens with one attached hydrogen (secondary N) is 1. The number of halogens is 1. The van der Waals surface area contributed by atoms with E-state index in [-0.39, 0.29) is 11.6 Å². The molecule has 1 amide bonds. The maximum absolute atomic E-state index is 12.0. The molecule has 3 rings (SSSR count). The molecule has 24 heavy (non-hydrogen) atoms. The molecule has 0 aliphatic carbocycles. The minimum atomic E-state index is -0.479. The number of thioether (sulfide) groups is 1. The van der Waals surface area contributed by atoms with Gasteiger partial charge in [0.1, 0.15) is 0 Å². The molecular formula is C16H10ClN3O3S. The van der Waals surface area contributed by atoms with E-state index in [1.807, 2.05) is 18.2 Å². The van der Waals surface area contributed by atoms with Crippen LogP contribution in [0.4, 0.5) is 11.4 Å². The second kappa shape index (κ2) is 6.86. The quantitative estimate of drug-likeness (QED) is 0.507. The van der Waals surface area contributed by atoms with Gasteiger partial charge in [-0.25, -0.2) is 4.99 Å². The van der Waals surface area contributed by atoms with Crippen molar-refractivity contribution in [3.63, 3.8) is 0 Å². The maximum atomic E-state index is 12.0. The van der Waals surface area contributed by atoms with Crippen LogP contribution in [0.5, 0.6) is 0 Å². The van der Waals surface area contributed by atoms with Gasteiger partial charge in [0, 0.05) is 17.2 Å². The summed E-state index contributed by atoms with van der Waals surface area (Å²) in [7, 11) is 0. The number of aliphatic imine (C=N–C) groups is 1. The summed E-state index contributed by atoms with van der Waals surface area (Å²) >= 11 is 7.27. The highest BCUT2D eigenvalue weighted by molar-refractivity contribution is 8.18. The van der Waals surface area contributed by atoms with Gasteiger partial charge in [0.05, 0.1) is 15.5 Å². The number of nitrogens with zero attached hydrogens (tertiary/aromatic N) is 2. The van der Waals surface area contributed by atoms with Crippen LogP contribution in [0.25, 0.3) is 6.08 Å². The zero-order valence-electron chi connectivity index (χ0n) is 12.1. The van der Waals surface area contributed by atoms with Crippen LogP contribution in [0.1, 0.15) is 5.56 Å². The molecule has 0 aromatic heterocycles. The Balaban J connectivity index is 1.81. The van der Waals surface area contributed by atoms with Crippen LogP contribution in [0, 0.1) is 10.1 Å². The van der Waals surface area contributed by atoms with Crippen molar-refractivity contribution in [1.82, 2.24) is 5.32 Å². The van der Waals surface area contributed by atoms with Gasteiger partial charge in [-0.3, -0.25) is 14.9 Å². The molecule has 1 N–H and O–H groups in total. The van der Waals surface area contributed by atoms with E-state index in [2.05, 4.69) is 10.3 Å². The molecule has 0 saturated carbocycles. The molecular weight excluding hydrogens is 350 g/mol. The molecule has 0 bridgehead atoms. The lowest BCUT2D eigenvalue weighted by Gasteiger charge is -1.97. The van der Waals surface area contributed by atoms with Gasteiger partial charge in [-0.05, 0) is 41.6 Å². The zero-order valence-corrected chi connectivity index (χ0v) is 13.7. The molecule has 0 atom stereocenters. The maximum Gasteiger partial charge on any atom is 0.269 e. The molecule has 1 aliphatic heterocycles. The van der Waals surface area contributed by atoms with Crippen molar-refractivity contribution >= 4 is 51.9 Å². The van der Waals surface area contributed by atoms with Crippen molar-refractivity contribution in [3.05, 3.63) is 74.1 Å². The predicted molar refractivity (Wildman–Crippen MR) is 95.4 cm³/mol. The second-order valence-corrected chi connectivity index (χ2v) is 6.21. The predicted octanol–water partition coefficient (Wildman–Crippen LogP) is 4.14. The highest BCUT2D eigenvalue weighted by Gasteiger charge is 2.24. The lowest BCUT2D eigenvalue weighted by atomic mass is 10.2. The van der Waals surface area contributed by atoms with Crippen molar-refractivity contribution in [2.24, 2.45) is 4.99 Å². The number of nitro groups is 1. The van der Waals surface area contributed by atoms with E-state index in [0.717, 1.165) is 5.56 Å². The van der Waals surface area contributed by atoms with Crippen LogP contribution in [0.2, 0.25) is 5.02 Å². The monoisotopic (exact) mass is 359 g/mol. The summed E-state index contributed by atoms with van der Waals surface area (Å²) in [6.07, 6.45) is 1.70. The molecule has 8 heteroatoms. The molecule has 0 unspecified atom stereocenters. The van der Waals surface area contributed by atoms with E-state index in [9.17, 15) is 14.9 Å². The third-order valence-electron chi connectivity index (χ3n) is 3.13.